The molecule has 3 aromatic carbocycles. The van der Waals surface area contributed by atoms with Gasteiger partial charge in [0.05, 0.1) is 24.8 Å². The van der Waals surface area contributed by atoms with E-state index in [0.29, 0.717) is 17.2 Å². The predicted octanol–water partition coefficient (Wildman–Crippen LogP) is 0.836. The van der Waals surface area contributed by atoms with E-state index in [1.807, 2.05) is 0 Å². The van der Waals surface area contributed by atoms with Gasteiger partial charge in [-0.25, -0.2) is 24.0 Å². The monoisotopic (exact) mass is 597 g/mol. The number of hydrogen-bond acceptors (Lipinski definition) is 14. The Labute approximate surface area is 244 Å². The number of anilines is 1. The van der Waals surface area contributed by atoms with Gasteiger partial charge in [-0.2, -0.15) is 0 Å². The Hall–Kier alpha value is -5.31. The highest BCUT2D eigenvalue weighted by Gasteiger charge is 2.35. The van der Waals surface area contributed by atoms with Crippen molar-refractivity contribution in [1.29, 1.82) is 0 Å². The summed E-state index contributed by atoms with van der Waals surface area (Å²) < 4.78 is 23.7. The summed E-state index contributed by atoms with van der Waals surface area (Å²) >= 11 is 0. The summed E-state index contributed by atoms with van der Waals surface area (Å²) in [5.74, 6) is -4.52. The van der Waals surface area contributed by atoms with Crippen LogP contribution in [0.15, 0.2) is 78.9 Å². The molecule has 14 heteroatoms. The molecule has 3 unspecified atom stereocenters. The maximum Gasteiger partial charge on any atom is 0.346 e. The van der Waals surface area contributed by atoms with Crippen LogP contribution in [0.5, 0.6) is 11.5 Å². The zero-order valence-corrected chi connectivity index (χ0v) is 22.6. The molecule has 4 rings (SSSR count). The molecule has 14 nitrogen and oxygen atoms in total. The van der Waals surface area contributed by atoms with Crippen LogP contribution in [-0.2, 0) is 28.6 Å². The summed E-state index contributed by atoms with van der Waals surface area (Å²) in [7, 11) is 1.27. The number of methoxy groups -OCH3 is 1. The fourth-order valence-corrected chi connectivity index (χ4v) is 3.34. The number of benzene rings is 3. The van der Waals surface area contributed by atoms with Gasteiger partial charge in [0.1, 0.15) is 6.04 Å². The van der Waals surface area contributed by atoms with Crippen LogP contribution in [0.25, 0.3) is 0 Å². The quantitative estimate of drug-likeness (QED) is 0.153. The third-order valence-electron chi connectivity index (χ3n) is 5.57. The number of carbonyl (C=O) groups excluding carboxylic acids is 5. The first-order chi connectivity index (χ1) is 20.6. The first-order valence-corrected chi connectivity index (χ1v) is 12.5. The van der Waals surface area contributed by atoms with Crippen LogP contribution in [0.1, 0.15) is 20.7 Å². The van der Waals surface area contributed by atoms with E-state index in [-0.39, 0.29) is 24.5 Å². The molecule has 0 fully saturated rings. The summed E-state index contributed by atoms with van der Waals surface area (Å²) in [6.07, 6.45) is -4.81. The number of rotatable bonds is 9. The SMILES string of the molecule is COC(=O)C(CO)Nc1ccc2c(c1)OCO2.O=C(OC(=O)C(O)C(O)C(=O)OC(=O)c1ccccc1)c1ccccc1. The van der Waals surface area contributed by atoms with Gasteiger partial charge in [0.15, 0.2) is 23.7 Å². The number of fused-ring (bicyclic) bond motifs is 1. The van der Waals surface area contributed by atoms with Gasteiger partial charge in [-0.05, 0) is 36.4 Å². The van der Waals surface area contributed by atoms with Crippen molar-refractivity contribution in [2.24, 2.45) is 0 Å². The predicted molar refractivity (Wildman–Crippen MR) is 145 cm³/mol. The van der Waals surface area contributed by atoms with Gasteiger partial charge in [-0.15, -0.1) is 0 Å². The minimum atomic E-state index is -2.40. The summed E-state index contributed by atoms with van der Waals surface area (Å²) in [6.45, 7) is -0.152. The fourth-order valence-electron chi connectivity index (χ4n) is 3.34. The van der Waals surface area contributed by atoms with E-state index in [4.69, 9.17) is 14.6 Å². The van der Waals surface area contributed by atoms with Crippen LogP contribution in [0.2, 0.25) is 0 Å². The van der Waals surface area contributed by atoms with Crippen LogP contribution in [0.4, 0.5) is 5.69 Å². The van der Waals surface area contributed by atoms with Gasteiger partial charge in [-0.1, -0.05) is 36.4 Å². The minimum Gasteiger partial charge on any atom is -0.467 e. The molecule has 4 N–H and O–H groups in total. The van der Waals surface area contributed by atoms with Crippen LogP contribution in [0.3, 0.4) is 0 Å². The fraction of sp³-hybridized carbons (Fsp3) is 0.207. The van der Waals surface area contributed by atoms with Gasteiger partial charge in [-0.3, -0.25) is 0 Å². The van der Waals surface area contributed by atoms with E-state index in [1.165, 1.54) is 55.6 Å². The molecule has 0 saturated carbocycles. The molecule has 43 heavy (non-hydrogen) atoms. The number of aliphatic hydroxyl groups is 3. The average Bonchev–Trinajstić information content (AvgIpc) is 3.51. The molecule has 3 aromatic rings. The molecule has 0 aromatic heterocycles. The number of hydrogen-bond donors (Lipinski definition) is 4. The number of carbonyl (C=O) groups is 5. The maximum absolute atomic E-state index is 11.7. The van der Waals surface area contributed by atoms with Crippen LogP contribution >= 0.6 is 0 Å². The summed E-state index contributed by atoms with van der Waals surface area (Å²) in [5.41, 5.74) is 0.715. The first-order valence-electron chi connectivity index (χ1n) is 12.5. The van der Waals surface area contributed by atoms with Crippen molar-refractivity contribution in [1.82, 2.24) is 0 Å². The zero-order chi connectivity index (χ0) is 31.4. The Morgan fingerprint density at radius 2 is 1.23 bits per heavy atom. The summed E-state index contributed by atoms with van der Waals surface area (Å²) in [6, 6.07) is 19.2. The molecule has 3 atom stereocenters. The van der Waals surface area contributed by atoms with Gasteiger partial charge in [0.2, 0.25) is 6.79 Å². The summed E-state index contributed by atoms with van der Waals surface area (Å²) in [5, 5.41) is 31.2. The Bertz CT molecular complexity index is 1360. The molecule has 0 amide bonds. The Balaban J connectivity index is 0.000000257. The van der Waals surface area contributed by atoms with Crippen molar-refractivity contribution >= 4 is 35.5 Å². The smallest absolute Gasteiger partial charge is 0.346 e. The molecule has 0 radical (unpaired) electrons. The second kappa shape index (κ2) is 15.6. The highest BCUT2D eigenvalue weighted by atomic mass is 16.7. The standard InChI is InChI=1S/C18H14O8.C11H13NO5/c19-13(17(23)25-15(21)11-7-3-1-4-8-11)14(20)18(24)26-16(22)12-9-5-2-6-10-12;1-15-11(14)8(5-13)12-7-2-3-9-10(4-7)17-6-16-9/h1-10,13-14,19-20H;2-4,8,12-13H,5-6H2,1H3. The van der Waals surface area contributed by atoms with Crippen molar-refractivity contribution in [2.45, 2.75) is 18.2 Å². The van der Waals surface area contributed by atoms with Gasteiger partial charge in [0, 0.05) is 11.8 Å². The van der Waals surface area contributed by atoms with Gasteiger partial charge >= 0.3 is 29.8 Å². The Morgan fingerprint density at radius 1 is 0.744 bits per heavy atom. The third kappa shape index (κ3) is 9.09. The molecule has 0 bridgehead atoms. The lowest BCUT2D eigenvalue weighted by molar-refractivity contribution is -0.166. The Morgan fingerprint density at radius 3 is 1.70 bits per heavy atom. The molecular weight excluding hydrogens is 570 g/mol. The lowest BCUT2D eigenvalue weighted by atomic mass is 10.2. The minimum absolute atomic E-state index is 0.0318. The van der Waals surface area contributed by atoms with Crippen molar-refractivity contribution < 1.29 is 63.0 Å². The average molecular weight is 598 g/mol. The normalized spacial score (nSPS) is 13.2. The topological polar surface area (TPSA) is 204 Å². The molecule has 1 heterocycles. The van der Waals surface area contributed by atoms with E-state index >= 15 is 0 Å². The summed E-state index contributed by atoms with van der Waals surface area (Å²) in [4.78, 5) is 58.1. The van der Waals surface area contributed by atoms with E-state index in [9.17, 15) is 34.2 Å². The maximum atomic E-state index is 11.7. The second-order valence-corrected chi connectivity index (χ2v) is 8.51. The number of esters is 5. The van der Waals surface area contributed by atoms with Crippen LogP contribution in [0, 0.1) is 0 Å². The van der Waals surface area contributed by atoms with Crippen LogP contribution < -0.4 is 14.8 Å². The van der Waals surface area contributed by atoms with Crippen molar-refractivity contribution in [2.75, 3.05) is 25.8 Å². The molecule has 0 saturated heterocycles. The van der Waals surface area contributed by atoms with E-state index in [0.717, 1.165) is 0 Å². The lowest BCUT2D eigenvalue weighted by Gasteiger charge is -2.15. The third-order valence-corrected chi connectivity index (χ3v) is 5.57. The van der Waals surface area contributed by atoms with E-state index in [2.05, 4.69) is 19.5 Å². The highest BCUT2D eigenvalue weighted by molar-refractivity contribution is 6.01. The second-order valence-electron chi connectivity index (χ2n) is 8.51. The molecule has 226 valence electrons. The molecule has 1 aliphatic heterocycles. The highest BCUT2D eigenvalue weighted by Crippen LogP contribution is 2.34. The Kier molecular flexibility index (Phi) is 11.7. The van der Waals surface area contributed by atoms with E-state index < -0.39 is 48.1 Å². The van der Waals surface area contributed by atoms with Crippen molar-refractivity contribution in [3.05, 3.63) is 90.0 Å². The number of nitrogens with one attached hydrogen (secondary N) is 1. The zero-order valence-electron chi connectivity index (χ0n) is 22.6. The van der Waals surface area contributed by atoms with E-state index in [1.54, 1.807) is 30.3 Å². The lowest BCUT2D eigenvalue weighted by Crippen LogP contribution is -2.43. The number of ether oxygens (including phenoxy) is 5. The van der Waals surface area contributed by atoms with Crippen LogP contribution in [-0.4, -0.2) is 83.9 Å². The molecule has 1 aliphatic rings. The molecular formula is C29H27NO13. The van der Waals surface area contributed by atoms with Crippen molar-refractivity contribution in [3.63, 3.8) is 0 Å². The first kappa shape index (κ1) is 32.2. The van der Waals surface area contributed by atoms with Gasteiger partial charge < -0.3 is 44.3 Å². The number of aliphatic hydroxyl groups excluding tert-OH is 3. The molecule has 0 aliphatic carbocycles. The molecule has 0 spiro atoms. The van der Waals surface area contributed by atoms with Crippen molar-refractivity contribution in [3.8, 4) is 11.5 Å². The van der Waals surface area contributed by atoms with Gasteiger partial charge in [0.25, 0.3) is 0 Å². The largest absolute Gasteiger partial charge is 0.467 e.